The number of hydrogen-bond acceptors (Lipinski definition) is 6. The number of carbonyl (C=O) groups excluding carboxylic acids is 1. The lowest BCUT2D eigenvalue weighted by Crippen LogP contribution is -2.41. The van der Waals surface area contributed by atoms with Crippen LogP contribution < -0.4 is 14.4 Å². The standard InChI is InChI=1S/C25H27N3O6S/c1-2-7-20-12-14-23(15-13-20)34-17-16-26-25(29)19-27(21-8-6-9-22(18-21)28(30)31)35(32,33)24-10-4-3-5-11-24/h3-6,8-15,18H,2,7,16-17,19H2,1H3,(H,26,29). The molecule has 0 aliphatic rings. The average molecular weight is 498 g/mol. The van der Waals surface area contributed by atoms with Crippen LogP contribution in [-0.2, 0) is 21.2 Å². The molecule has 0 aliphatic carbocycles. The van der Waals surface area contributed by atoms with Crippen LogP contribution in [0.15, 0.2) is 83.8 Å². The number of non-ortho nitro benzene ring substituents is 1. The van der Waals surface area contributed by atoms with Gasteiger partial charge in [-0.05, 0) is 42.3 Å². The van der Waals surface area contributed by atoms with Gasteiger partial charge in [0.25, 0.3) is 15.7 Å². The number of ether oxygens (including phenoxy) is 1. The number of nitrogens with one attached hydrogen (secondary N) is 1. The van der Waals surface area contributed by atoms with E-state index in [1.165, 1.54) is 35.9 Å². The molecule has 10 heteroatoms. The van der Waals surface area contributed by atoms with E-state index in [9.17, 15) is 23.3 Å². The molecule has 0 aliphatic heterocycles. The molecule has 184 valence electrons. The number of hydrogen-bond donors (Lipinski definition) is 1. The summed E-state index contributed by atoms with van der Waals surface area (Å²) in [6.07, 6.45) is 2.04. The molecule has 0 unspecified atom stereocenters. The predicted octanol–water partition coefficient (Wildman–Crippen LogP) is 3.94. The SMILES string of the molecule is CCCc1ccc(OCCNC(=O)CN(c2cccc([N+](=O)[O-])c2)S(=O)(=O)c2ccccc2)cc1. The average Bonchev–Trinajstić information content (AvgIpc) is 2.87. The molecular formula is C25H27N3O6S. The van der Waals surface area contributed by atoms with Gasteiger partial charge in [0.15, 0.2) is 0 Å². The van der Waals surface area contributed by atoms with Gasteiger partial charge in [0.2, 0.25) is 5.91 Å². The summed E-state index contributed by atoms with van der Waals surface area (Å²) >= 11 is 0. The number of carbonyl (C=O) groups is 1. The van der Waals surface area contributed by atoms with E-state index in [1.54, 1.807) is 18.2 Å². The third-order valence-electron chi connectivity index (χ3n) is 5.10. The molecule has 0 atom stereocenters. The molecule has 0 fully saturated rings. The Morgan fingerprint density at radius 3 is 2.40 bits per heavy atom. The van der Waals surface area contributed by atoms with Crippen molar-refractivity contribution < 1.29 is 22.9 Å². The van der Waals surface area contributed by atoms with Crippen LogP contribution >= 0.6 is 0 Å². The molecule has 0 heterocycles. The maximum atomic E-state index is 13.3. The second-order valence-electron chi connectivity index (χ2n) is 7.69. The van der Waals surface area contributed by atoms with Crippen LogP contribution in [-0.4, -0.2) is 38.9 Å². The van der Waals surface area contributed by atoms with Gasteiger partial charge in [0.1, 0.15) is 18.9 Å². The minimum Gasteiger partial charge on any atom is -0.492 e. The van der Waals surface area contributed by atoms with Gasteiger partial charge in [-0.1, -0.05) is 49.7 Å². The monoisotopic (exact) mass is 497 g/mol. The Morgan fingerprint density at radius 2 is 1.74 bits per heavy atom. The molecule has 0 saturated heterocycles. The smallest absolute Gasteiger partial charge is 0.271 e. The van der Waals surface area contributed by atoms with Crippen LogP contribution in [0.1, 0.15) is 18.9 Å². The van der Waals surface area contributed by atoms with Crippen molar-refractivity contribution >= 4 is 27.3 Å². The van der Waals surface area contributed by atoms with Crippen molar-refractivity contribution in [1.29, 1.82) is 0 Å². The van der Waals surface area contributed by atoms with Gasteiger partial charge < -0.3 is 10.1 Å². The summed E-state index contributed by atoms with van der Waals surface area (Å²) in [6.45, 7) is 1.91. The van der Waals surface area contributed by atoms with Crippen molar-refractivity contribution in [2.45, 2.75) is 24.7 Å². The van der Waals surface area contributed by atoms with Crippen molar-refractivity contribution in [2.24, 2.45) is 0 Å². The summed E-state index contributed by atoms with van der Waals surface area (Å²) in [7, 11) is -4.16. The molecule has 0 spiro atoms. The molecule has 1 amide bonds. The molecule has 35 heavy (non-hydrogen) atoms. The summed E-state index contributed by atoms with van der Waals surface area (Å²) in [6, 6.07) is 20.5. The van der Waals surface area contributed by atoms with E-state index in [-0.39, 0.29) is 29.4 Å². The molecule has 0 aromatic heterocycles. The first kappa shape index (κ1) is 25.7. The van der Waals surface area contributed by atoms with Crippen LogP contribution in [0, 0.1) is 10.1 Å². The summed E-state index contributed by atoms with van der Waals surface area (Å²) in [5.41, 5.74) is 0.949. The Hall–Kier alpha value is -3.92. The normalized spacial score (nSPS) is 11.0. The van der Waals surface area contributed by atoms with E-state index >= 15 is 0 Å². The maximum absolute atomic E-state index is 13.3. The lowest BCUT2D eigenvalue weighted by molar-refractivity contribution is -0.384. The van der Waals surface area contributed by atoms with Gasteiger partial charge in [0, 0.05) is 12.1 Å². The first-order chi connectivity index (χ1) is 16.8. The fourth-order valence-corrected chi connectivity index (χ4v) is 4.82. The van der Waals surface area contributed by atoms with Crippen molar-refractivity contribution in [3.63, 3.8) is 0 Å². The highest BCUT2D eigenvalue weighted by molar-refractivity contribution is 7.92. The van der Waals surface area contributed by atoms with Gasteiger partial charge in [-0.2, -0.15) is 0 Å². The Labute approximate surface area is 204 Å². The highest BCUT2D eigenvalue weighted by atomic mass is 32.2. The molecule has 0 saturated carbocycles. The second-order valence-corrected chi connectivity index (χ2v) is 9.56. The quantitative estimate of drug-likeness (QED) is 0.230. The van der Waals surface area contributed by atoms with Gasteiger partial charge >= 0.3 is 0 Å². The number of nitro groups is 1. The third-order valence-corrected chi connectivity index (χ3v) is 6.89. The second kappa shape index (κ2) is 12.0. The molecule has 9 nitrogen and oxygen atoms in total. The zero-order chi connectivity index (χ0) is 25.3. The van der Waals surface area contributed by atoms with Crippen molar-refractivity contribution in [3.05, 3.63) is 94.5 Å². The Balaban J connectivity index is 1.68. The molecule has 3 aromatic rings. The van der Waals surface area contributed by atoms with Crippen LogP contribution in [0.4, 0.5) is 11.4 Å². The van der Waals surface area contributed by atoms with Gasteiger partial charge in [-0.25, -0.2) is 8.42 Å². The number of rotatable bonds is 12. The summed E-state index contributed by atoms with van der Waals surface area (Å²) in [4.78, 5) is 23.2. The van der Waals surface area contributed by atoms with Gasteiger partial charge in [-0.3, -0.25) is 19.2 Å². The molecule has 0 bridgehead atoms. The Kier molecular flexibility index (Phi) is 8.80. The van der Waals surface area contributed by atoms with Crippen molar-refractivity contribution in [2.75, 3.05) is 24.0 Å². The number of nitrogens with zero attached hydrogens (tertiary/aromatic N) is 2. The minimum absolute atomic E-state index is 0.0154. The van der Waals surface area contributed by atoms with Crippen molar-refractivity contribution in [1.82, 2.24) is 5.32 Å². The topological polar surface area (TPSA) is 119 Å². The number of anilines is 1. The van der Waals surface area contributed by atoms with E-state index in [2.05, 4.69) is 12.2 Å². The lowest BCUT2D eigenvalue weighted by atomic mass is 10.1. The summed E-state index contributed by atoms with van der Waals surface area (Å²) < 4.78 is 33.1. The number of benzene rings is 3. The minimum atomic E-state index is -4.16. The molecule has 3 aromatic carbocycles. The Morgan fingerprint density at radius 1 is 1.03 bits per heavy atom. The zero-order valence-corrected chi connectivity index (χ0v) is 20.1. The number of nitro benzene ring substituents is 1. The maximum Gasteiger partial charge on any atom is 0.271 e. The lowest BCUT2D eigenvalue weighted by Gasteiger charge is -2.24. The van der Waals surface area contributed by atoms with E-state index in [0.717, 1.165) is 23.2 Å². The van der Waals surface area contributed by atoms with Crippen LogP contribution in [0.25, 0.3) is 0 Å². The molecule has 0 radical (unpaired) electrons. The largest absolute Gasteiger partial charge is 0.492 e. The zero-order valence-electron chi connectivity index (χ0n) is 19.3. The third kappa shape index (κ3) is 7.03. The van der Waals surface area contributed by atoms with Crippen LogP contribution in [0.5, 0.6) is 5.75 Å². The van der Waals surface area contributed by atoms with E-state index in [0.29, 0.717) is 5.75 Å². The van der Waals surface area contributed by atoms with Gasteiger partial charge in [0.05, 0.1) is 22.1 Å². The number of sulfonamides is 1. The Bertz CT molecular complexity index is 1250. The van der Waals surface area contributed by atoms with Crippen molar-refractivity contribution in [3.8, 4) is 5.75 Å². The fraction of sp³-hybridized carbons (Fsp3) is 0.240. The van der Waals surface area contributed by atoms with Crippen LogP contribution in [0.2, 0.25) is 0 Å². The first-order valence-corrected chi connectivity index (χ1v) is 12.6. The first-order valence-electron chi connectivity index (χ1n) is 11.1. The number of amides is 1. The molecule has 1 N–H and O–H groups in total. The molecule has 3 rings (SSSR count). The van der Waals surface area contributed by atoms with E-state index in [4.69, 9.17) is 4.74 Å². The van der Waals surface area contributed by atoms with Gasteiger partial charge in [-0.15, -0.1) is 0 Å². The highest BCUT2D eigenvalue weighted by Gasteiger charge is 2.28. The number of aryl methyl sites for hydroxylation is 1. The summed E-state index contributed by atoms with van der Waals surface area (Å²) in [5, 5.41) is 13.8. The highest BCUT2D eigenvalue weighted by Crippen LogP contribution is 2.26. The fourth-order valence-electron chi connectivity index (χ4n) is 3.38. The van der Waals surface area contributed by atoms with E-state index in [1.807, 2.05) is 24.3 Å². The summed E-state index contributed by atoms with van der Waals surface area (Å²) in [5.74, 6) is 0.0990. The predicted molar refractivity (Wildman–Crippen MR) is 133 cm³/mol. The molecular weight excluding hydrogens is 470 g/mol. The van der Waals surface area contributed by atoms with Crippen LogP contribution in [0.3, 0.4) is 0 Å². The van der Waals surface area contributed by atoms with E-state index < -0.39 is 27.4 Å².